The largest absolute Gasteiger partial charge is 0.394 e. The molecule has 1 saturated heterocycles. The molecule has 16 heteroatoms. The van der Waals surface area contributed by atoms with E-state index < -0.39 is 79.8 Å². The quantitative estimate of drug-likeness (QED) is 0.0533. The Hall–Kier alpha value is -1.99. The van der Waals surface area contributed by atoms with Crippen molar-refractivity contribution in [3.05, 3.63) is 0 Å². The van der Waals surface area contributed by atoms with Gasteiger partial charge in [0.1, 0.15) is 42.7 Å². The number of rotatable bonds is 26. The predicted octanol–water partition coefficient (Wildman–Crippen LogP) is 0.176. The first-order chi connectivity index (χ1) is 25.3. The summed E-state index contributed by atoms with van der Waals surface area (Å²) in [5.74, 6) is -1.05. The Bertz CT molecular complexity index is 1090. The van der Waals surface area contributed by atoms with E-state index in [2.05, 4.69) is 33.0 Å². The minimum Gasteiger partial charge on any atom is -0.394 e. The van der Waals surface area contributed by atoms with Crippen LogP contribution < -0.4 is 5.32 Å². The number of ether oxygens (including phenoxy) is 2. The third-order valence-corrected chi connectivity index (χ3v) is 9.85. The fourth-order valence-electron chi connectivity index (χ4n) is 6.36. The molecule has 9 unspecified atom stereocenters. The van der Waals surface area contributed by atoms with E-state index in [4.69, 9.17) is 9.47 Å². The average molecular weight is 780 g/mol. The third kappa shape index (κ3) is 16.6. The molecule has 0 aliphatic carbocycles. The highest BCUT2D eigenvalue weighted by molar-refractivity contribution is 5.81. The monoisotopic (exact) mass is 780 g/mol. The van der Waals surface area contributed by atoms with Gasteiger partial charge in [0.05, 0.1) is 13.2 Å². The van der Waals surface area contributed by atoms with E-state index in [9.17, 15) is 55.2 Å². The van der Waals surface area contributed by atoms with Crippen molar-refractivity contribution in [3.63, 3.8) is 0 Å². The molecule has 54 heavy (non-hydrogen) atoms. The Balaban J connectivity index is 2.95. The van der Waals surface area contributed by atoms with Crippen molar-refractivity contribution in [1.82, 2.24) is 15.1 Å². The van der Waals surface area contributed by atoms with Crippen LogP contribution in [-0.2, 0) is 23.9 Å². The first-order valence-electron chi connectivity index (χ1n) is 19.7. The zero-order chi connectivity index (χ0) is 41.2. The van der Waals surface area contributed by atoms with Crippen LogP contribution in [0.15, 0.2) is 0 Å². The maximum absolute atomic E-state index is 13.5. The van der Waals surface area contributed by atoms with Crippen LogP contribution in [-0.4, -0.2) is 168 Å². The van der Waals surface area contributed by atoms with Gasteiger partial charge in [0.15, 0.2) is 12.4 Å². The number of nitrogens with zero attached hydrogens (tertiary/aromatic N) is 2. The van der Waals surface area contributed by atoms with Crippen molar-refractivity contribution in [2.24, 2.45) is 5.41 Å². The SMILES string of the molecule is CCCCCCCCCC(=O)N(CCCNC(=O)C(O)C(O)C(OC1OC(CO)C(O)C(O)C1O)C(O)CO)CCC(C)(C)N(CC(C)(C)C)C(=O)CC. The summed E-state index contributed by atoms with van der Waals surface area (Å²) in [6, 6.07) is 0. The number of amides is 3. The molecule has 9 N–H and O–H groups in total. The van der Waals surface area contributed by atoms with Gasteiger partial charge >= 0.3 is 0 Å². The minimum absolute atomic E-state index is 0.00151. The third-order valence-electron chi connectivity index (χ3n) is 9.85. The van der Waals surface area contributed by atoms with Crippen LogP contribution in [0.25, 0.3) is 0 Å². The van der Waals surface area contributed by atoms with Crippen LogP contribution in [0.5, 0.6) is 0 Å². The lowest BCUT2D eigenvalue weighted by Gasteiger charge is -2.43. The van der Waals surface area contributed by atoms with Crippen molar-refractivity contribution < 1.29 is 64.7 Å². The van der Waals surface area contributed by atoms with Gasteiger partial charge in [0, 0.05) is 44.6 Å². The molecule has 1 aliphatic heterocycles. The average Bonchev–Trinajstić information content (AvgIpc) is 3.13. The molecular weight excluding hydrogens is 706 g/mol. The highest BCUT2D eigenvalue weighted by atomic mass is 16.7. The molecular formula is C38H73N3O13. The summed E-state index contributed by atoms with van der Waals surface area (Å²) in [6.07, 6.45) is -7.85. The van der Waals surface area contributed by atoms with Crippen molar-refractivity contribution in [2.45, 2.75) is 180 Å². The Morgan fingerprint density at radius 2 is 1.43 bits per heavy atom. The highest BCUT2D eigenvalue weighted by Crippen LogP contribution is 2.27. The molecule has 1 heterocycles. The van der Waals surface area contributed by atoms with E-state index >= 15 is 0 Å². The van der Waals surface area contributed by atoms with Crippen LogP contribution in [0.3, 0.4) is 0 Å². The topological polar surface area (TPSA) is 250 Å². The van der Waals surface area contributed by atoms with Crippen LogP contribution in [0.2, 0.25) is 0 Å². The lowest BCUT2D eigenvalue weighted by atomic mass is 9.90. The Morgan fingerprint density at radius 1 is 0.815 bits per heavy atom. The minimum atomic E-state index is -2.19. The normalized spacial score (nSPS) is 23.0. The van der Waals surface area contributed by atoms with Crippen LogP contribution in [0.1, 0.15) is 119 Å². The summed E-state index contributed by atoms with van der Waals surface area (Å²) in [5.41, 5.74) is -0.673. The molecule has 1 fully saturated rings. The fourth-order valence-corrected chi connectivity index (χ4v) is 6.36. The standard InChI is InChI=1S/C38H73N3O13/c1-8-10-11-12-13-14-15-17-28(46)40(21-18-38(6,7)41(27(45)9-2)24-37(3,4)5)20-16-19-39-35(52)32(50)31(49)34(25(44)22-42)54-36-33(51)30(48)29(47)26(23-43)53-36/h25-26,29-34,36,42-44,47-51H,8-24H2,1-7H3,(H,39,52). The number of hydrogen-bond acceptors (Lipinski definition) is 13. The van der Waals surface area contributed by atoms with E-state index in [0.717, 1.165) is 32.1 Å². The summed E-state index contributed by atoms with van der Waals surface area (Å²) in [6.45, 7) is 13.7. The molecule has 0 spiro atoms. The van der Waals surface area contributed by atoms with Crippen molar-refractivity contribution in [2.75, 3.05) is 39.4 Å². The van der Waals surface area contributed by atoms with E-state index in [1.807, 2.05) is 25.7 Å². The number of aliphatic hydroxyl groups excluding tert-OH is 8. The van der Waals surface area contributed by atoms with Gasteiger partial charge in [-0.25, -0.2) is 0 Å². The van der Waals surface area contributed by atoms with Crippen molar-refractivity contribution in [3.8, 4) is 0 Å². The summed E-state index contributed by atoms with van der Waals surface area (Å²) >= 11 is 0. The second-order valence-corrected chi connectivity index (χ2v) is 16.3. The number of carbonyl (C=O) groups excluding carboxylic acids is 3. The Morgan fingerprint density at radius 3 is 1.98 bits per heavy atom. The van der Waals surface area contributed by atoms with Gasteiger partial charge in [-0.05, 0) is 38.5 Å². The predicted molar refractivity (Wildman–Crippen MR) is 201 cm³/mol. The summed E-state index contributed by atoms with van der Waals surface area (Å²) in [7, 11) is 0. The molecule has 16 nitrogen and oxygen atoms in total. The maximum Gasteiger partial charge on any atom is 0.251 e. The summed E-state index contributed by atoms with van der Waals surface area (Å²) in [5, 5.41) is 83.7. The second-order valence-electron chi connectivity index (χ2n) is 16.3. The van der Waals surface area contributed by atoms with Crippen molar-refractivity contribution >= 4 is 17.7 Å². The number of nitrogens with one attached hydrogen (secondary N) is 1. The molecule has 1 aliphatic rings. The first-order valence-corrected chi connectivity index (χ1v) is 19.7. The smallest absolute Gasteiger partial charge is 0.251 e. The molecule has 0 aromatic heterocycles. The molecule has 318 valence electrons. The van der Waals surface area contributed by atoms with E-state index in [1.165, 1.54) is 12.8 Å². The number of unbranched alkanes of at least 4 members (excludes halogenated alkanes) is 6. The molecule has 9 atom stereocenters. The molecule has 3 amide bonds. The number of aliphatic hydroxyl groups is 8. The van der Waals surface area contributed by atoms with Crippen molar-refractivity contribution in [1.29, 1.82) is 0 Å². The fraction of sp³-hybridized carbons (Fsp3) is 0.921. The maximum atomic E-state index is 13.5. The van der Waals surface area contributed by atoms with Crippen LogP contribution in [0.4, 0.5) is 0 Å². The lowest BCUT2D eigenvalue weighted by Crippen LogP contribution is -2.62. The van der Waals surface area contributed by atoms with E-state index in [-0.39, 0.29) is 30.3 Å². The Labute approximate surface area is 321 Å². The summed E-state index contributed by atoms with van der Waals surface area (Å²) < 4.78 is 10.6. The molecule has 1 rings (SSSR count). The molecule has 0 aromatic carbocycles. The van der Waals surface area contributed by atoms with Gasteiger partial charge in [0.25, 0.3) is 5.91 Å². The van der Waals surface area contributed by atoms with E-state index in [1.54, 1.807) is 4.90 Å². The zero-order valence-electron chi connectivity index (χ0n) is 33.7. The van der Waals surface area contributed by atoms with Gasteiger partial charge in [-0.3, -0.25) is 14.4 Å². The Kier molecular flexibility index (Phi) is 22.8. The van der Waals surface area contributed by atoms with Crippen LogP contribution >= 0.6 is 0 Å². The molecule has 0 aromatic rings. The first kappa shape index (κ1) is 50.0. The van der Waals surface area contributed by atoms with Gasteiger partial charge in [-0.2, -0.15) is 0 Å². The lowest BCUT2D eigenvalue weighted by molar-refractivity contribution is -0.326. The highest BCUT2D eigenvalue weighted by Gasteiger charge is 2.47. The summed E-state index contributed by atoms with van der Waals surface area (Å²) in [4.78, 5) is 43.0. The molecule has 0 radical (unpaired) electrons. The number of carbonyl (C=O) groups is 3. The van der Waals surface area contributed by atoms with Gasteiger partial charge in [-0.1, -0.05) is 73.1 Å². The van der Waals surface area contributed by atoms with Gasteiger partial charge in [0.2, 0.25) is 11.8 Å². The molecule has 0 bridgehead atoms. The van der Waals surface area contributed by atoms with Gasteiger partial charge < -0.3 is 65.4 Å². The van der Waals surface area contributed by atoms with Gasteiger partial charge in [-0.15, -0.1) is 0 Å². The van der Waals surface area contributed by atoms with Crippen LogP contribution in [0, 0.1) is 5.41 Å². The van der Waals surface area contributed by atoms with E-state index in [0.29, 0.717) is 38.8 Å². The second kappa shape index (κ2) is 24.6. The number of hydrogen-bond donors (Lipinski definition) is 9. The molecule has 0 saturated carbocycles. The zero-order valence-corrected chi connectivity index (χ0v) is 33.7.